The number of methoxy groups -OCH3 is 1. The predicted molar refractivity (Wildman–Crippen MR) is 544 cm³/mol. The van der Waals surface area contributed by atoms with Gasteiger partial charge in [-0.1, -0.05) is 379 Å². The van der Waals surface area contributed by atoms with Crippen molar-refractivity contribution in [2.75, 3.05) is 40.1 Å². The van der Waals surface area contributed by atoms with Crippen LogP contribution in [0.2, 0.25) is 76.0 Å². The van der Waals surface area contributed by atoms with Crippen molar-refractivity contribution in [1.29, 1.82) is 0 Å². The van der Waals surface area contributed by atoms with Crippen molar-refractivity contribution in [1.82, 2.24) is 0 Å². The molecule has 0 unspecified atom stereocenters. The zero-order valence-electron chi connectivity index (χ0n) is 84.3. The molecule has 0 amide bonds. The summed E-state index contributed by atoms with van der Waals surface area (Å²) >= 11 is 0. The van der Waals surface area contributed by atoms with Gasteiger partial charge in [-0.05, 0) is 158 Å². The van der Waals surface area contributed by atoms with Gasteiger partial charge in [-0.2, -0.15) is 0 Å². The van der Waals surface area contributed by atoms with E-state index in [1.807, 2.05) is 120 Å². The van der Waals surface area contributed by atoms with Gasteiger partial charge >= 0.3 is 29.8 Å². The highest BCUT2D eigenvalue weighted by Crippen LogP contribution is 2.45. The number of benzene rings is 8. The van der Waals surface area contributed by atoms with Crippen LogP contribution in [-0.4, -0.2) is 106 Å². The van der Waals surface area contributed by atoms with Crippen molar-refractivity contribution in [3.05, 3.63) is 294 Å². The molecule has 0 aromatic heterocycles. The van der Waals surface area contributed by atoms with Gasteiger partial charge in [0.1, 0.15) is 37.0 Å². The molecule has 8 aromatic carbocycles. The second-order valence-corrected chi connectivity index (χ2v) is 53.7. The van der Waals surface area contributed by atoms with Crippen LogP contribution in [0.15, 0.2) is 250 Å². The van der Waals surface area contributed by atoms with Crippen LogP contribution in [-0.2, 0) is 82.1 Å². The molecule has 1 aliphatic carbocycles. The van der Waals surface area contributed by atoms with Crippen molar-refractivity contribution in [2.24, 2.45) is 5.41 Å². The molecular weight excluding hydrogens is 1600 g/mol. The Morgan fingerprint density at radius 1 is 0.400 bits per heavy atom. The molecule has 125 heavy (non-hydrogen) atoms. The number of carbonyl (C=O) groups is 6. The molecule has 0 saturated heterocycles. The number of aryl methyl sites for hydroxylation is 2. The van der Waals surface area contributed by atoms with E-state index in [1.54, 1.807) is 7.11 Å². The Labute approximate surface area is 765 Å². The summed E-state index contributed by atoms with van der Waals surface area (Å²) in [4.78, 5) is 61.3. The van der Waals surface area contributed by atoms with Gasteiger partial charge in [0, 0.05) is 83.4 Å². The van der Waals surface area contributed by atoms with E-state index >= 15 is 0 Å². The first-order valence-electron chi connectivity index (χ1n) is 44.3. The third kappa shape index (κ3) is 72.5. The number of fused-ring (bicyclic) bond motifs is 3. The summed E-state index contributed by atoms with van der Waals surface area (Å²) < 4.78 is 34.3. The fourth-order valence-electron chi connectivity index (χ4n) is 9.62. The SMILES string of the molecule is C=CCCC.C=CCOC(C)=O.CC.CC(=O)OC(C)(C)C.CC(=O)OCC1c2ccccc2-c2ccccc21.CC(=O)OCC[Si](C)(C)C.CC(=O)OCc1ccccc1.CC(C)(C)C.CC(C)(C)[Si](C)(C)C.CC(C)=O.CC(c1ccccc1)(c1ccccc1)c1ccccc1.CCOCC[Si](C)(C)C.CCc1ccc(OC)cc1.CCc1ccccc1. The summed E-state index contributed by atoms with van der Waals surface area (Å²) in [5, 5.41) is 0.576. The lowest BCUT2D eigenvalue weighted by atomic mass is 9.71. The van der Waals surface area contributed by atoms with E-state index in [1.165, 1.54) is 117 Å². The lowest BCUT2D eigenvalue weighted by molar-refractivity contribution is -0.152. The molecule has 8 aromatic rings. The highest BCUT2D eigenvalue weighted by molar-refractivity contribution is 6.79. The molecule has 13 nitrogen and oxygen atoms in total. The van der Waals surface area contributed by atoms with E-state index in [4.69, 9.17) is 28.4 Å². The number of hydrogen-bond donors (Lipinski definition) is 0. The Hall–Kier alpha value is -9.33. The maximum atomic E-state index is 11.0. The molecule has 0 N–H and O–H groups in total. The normalized spacial score (nSPS) is 10.6. The summed E-state index contributed by atoms with van der Waals surface area (Å²) in [6.07, 6.45) is 8.07. The van der Waals surface area contributed by atoms with Crippen LogP contribution in [0.5, 0.6) is 5.75 Å². The smallest absolute Gasteiger partial charge is 0.303 e. The average molecular weight is 1770 g/mol. The van der Waals surface area contributed by atoms with Crippen molar-refractivity contribution in [3.63, 3.8) is 0 Å². The molecule has 16 heteroatoms. The van der Waals surface area contributed by atoms with Gasteiger partial charge < -0.3 is 38.0 Å². The number of rotatable bonds is 21. The number of ketones is 1. The zero-order valence-corrected chi connectivity index (χ0v) is 87.3. The summed E-state index contributed by atoms with van der Waals surface area (Å²) in [7, 11) is -0.998. The predicted octanol–water partition coefficient (Wildman–Crippen LogP) is 29.8. The van der Waals surface area contributed by atoms with Crippen LogP contribution in [0.4, 0.5) is 0 Å². The molecule has 0 spiro atoms. The first kappa shape index (κ1) is 124. The van der Waals surface area contributed by atoms with Gasteiger partial charge in [-0.3, -0.25) is 24.0 Å². The van der Waals surface area contributed by atoms with E-state index in [2.05, 4.69) is 305 Å². The molecule has 9 rings (SSSR count). The maximum Gasteiger partial charge on any atom is 0.303 e. The zero-order chi connectivity index (χ0) is 96.9. The van der Waals surface area contributed by atoms with Gasteiger partial charge in [0.15, 0.2) is 0 Å². The van der Waals surface area contributed by atoms with E-state index in [9.17, 15) is 28.8 Å². The van der Waals surface area contributed by atoms with Crippen molar-refractivity contribution in [2.45, 2.75) is 291 Å². The molecule has 0 saturated carbocycles. The molecule has 0 fully saturated rings. The van der Waals surface area contributed by atoms with Gasteiger partial charge in [0.2, 0.25) is 0 Å². The number of ether oxygens (including phenoxy) is 7. The first-order chi connectivity index (χ1) is 58.2. The maximum absolute atomic E-state index is 11.0. The molecule has 0 heterocycles. The third-order valence-corrected chi connectivity index (χ3v) is 25.4. The average Bonchev–Trinajstić information content (AvgIpc) is 1.67. The van der Waals surface area contributed by atoms with E-state index in [0.29, 0.717) is 36.9 Å². The van der Waals surface area contributed by atoms with Crippen molar-refractivity contribution >= 4 is 59.9 Å². The van der Waals surface area contributed by atoms with Crippen LogP contribution in [0.1, 0.15) is 229 Å². The third-order valence-electron chi connectivity index (χ3n) is 17.5. The minimum absolute atomic E-state index is 0.121. The molecule has 0 bridgehead atoms. The Morgan fingerprint density at radius 2 is 0.720 bits per heavy atom. The molecule has 0 radical (unpaired) electrons. The van der Waals surface area contributed by atoms with Crippen LogP contribution in [0, 0.1) is 5.41 Å². The monoisotopic (exact) mass is 1770 g/mol. The summed E-state index contributed by atoms with van der Waals surface area (Å²) in [6.45, 7) is 77.7. The number of esters is 5. The van der Waals surface area contributed by atoms with Crippen LogP contribution >= 0.6 is 0 Å². The Morgan fingerprint density at radius 3 is 0.968 bits per heavy atom. The van der Waals surface area contributed by atoms with Gasteiger partial charge in [-0.25, -0.2) is 0 Å². The van der Waals surface area contributed by atoms with Crippen molar-refractivity contribution < 1.29 is 61.9 Å². The summed E-state index contributed by atoms with van der Waals surface area (Å²) in [5.74, 6) is 0.139. The quantitative estimate of drug-likeness (QED) is 0.0167. The molecular formula is C109H170O13Si3. The van der Waals surface area contributed by atoms with Crippen LogP contribution in [0.3, 0.4) is 0 Å². The highest BCUT2D eigenvalue weighted by Gasteiger charge is 2.32. The second kappa shape index (κ2) is 70.8. The standard InChI is InChI=1S/C20H18.C16H14O2.C9H10O2.C9H12O.C8H10.C7H16O2Si.C7H18OSi.C7H18Si.C6H12O2.C5H8O2.C5H12.C5H10.C3H6O.C2H6/c1-20(17-11-5-2-6-12-17,18-13-7-3-8-14-18)19-15-9-4-10-16-19;1-11(17)18-10-16-14-8-4-2-6-12(14)13-7-3-5-9-15(13)16;1-8(10)11-7-9-5-3-2-4-6-9;1-3-8-4-6-9(10-2)7-5-8;1-2-8-6-4-3-5-7-8;1-7(8)9-5-6-10(2,3)4;1-5-8-6-7-9(2,3)4;1-7(2,3)8(4,5)6;1-5(7)8-6(2,3)4;1-3-4-7-5(2)6;1-5(2,3)4;1-3-5-4-2;1-3(2)4;1-2/h2-16H,1H3;2-9,16H,10H2,1H3;2-6H,7H2,1H3;4-7H,3H2,1-2H3;3-7H,2H2,1H3;5-6H2,1-4H3;5-7H2,1-4H3;1-6H3;1-4H3;3H,1,4H2,2H3;1-4H3;3H,1,4-5H2,2H3;1-2H3;1-2H3. The lowest BCUT2D eigenvalue weighted by Gasteiger charge is -2.32. The summed E-state index contributed by atoms with van der Waals surface area (Å²) in [6, 6.07) is 79.3. The van der Waals surface area contributed by atoms with E-state index < -0.39 is 24.2 Å². The topological polar surface area (TPSA) is 167 Å². The Balaban J connectivity index is -0.000000426. The molecule has 1 aliphatic rings. The number of hydrogen-bond acceptors (Lipinski definition) is 13. The largest absolute Gasteiger partial charge is 0.497 e. The first-order valence-corrected chi connectivity index (χ1v) is 55.2. The number of carbonyl (C=O) groups excluding carboxylic acids is 6. The van der Waals surface area contributed by atoms with Gasteiger partial charge in [-0.15, -0.1) is 6.58 Å². The van der Waals surface area contributed by atoms with Gasteiger partial charge in [0.25, 0.3) is 0 Å². The Bertz CT molecular complexity index is 3860. The number of Topliss-reactive ketones (excluding diaryl/α,β-unsaturated/α-hetero) is 1. The number of allylic oxidation sites excluding steroid dienone is 1. The van der Waals surface area contributed by atoms with Crippen molar-refractivity contribution in [3.8, 4) is 16.9 Å². The molecule has 0 atom stereocenters. The lowest BCUT2D eigenvalue weighted by Crippen LogP contribution is -2.32. The van der Waals surface area contributed by atoms with Crippen LogP contribution < -0.4 is 4.74 Å². The molecule has 0 aliphatic heterocycles. The Kier molecular flexibility index (Phi) is 70.3. The number of unbranched alkanes of at least 4 members (excludes halogenated alkanes) is 1. The highest BCUT2D eigenvalue weighted by atomic mass is 28.3. The fraction of sp³-hybridized carbons (Fsp3) is 0.468. The fourth-order valence-corrected chi connectivity index (χ4v) is 11.1. The van der Waals surface area contributed by atoms with E-state index in [0.717, 1.165) is 49.8 Å². The summed E-state index contributed by atoms with van der Waals surface area (Å²) in [5.41, 5.74) is 12.8. The van der Waals surface area contributed by atoms with Crippen LogP contribution in [0.25, 0.3) is 11.1 Å². The van der Waals surface area contributed by atoms with E-state index in [-0.39, 0.29) is 52.6 Å². The van der Waals surface area contributed by atoms with Gasteiger partial charge in [0.05, 0.1) is 13.7 Å². The molecule has 696 valence electrons. The minimum atomic E-state index is -1.00. The second-order valence-electron chi connectivity index (χ2n) is 36.5. The minimum Gasteiger partial charge on any atom is -0.497 e.